The number of rotatable bonds is 6. The maximum Gasteiger partial charge on any atom is 0.411 e. The highest BCUT2D eigenvalue weighted by Gasteiger charge is 2.02. The molecule has 4 nitrogen and oxygen atoms in total. The summed E-state index contributed by atoms with van der Waals surface area (Å²) >= 11 is 5.42. The molecule has 94 valence electrons. The zero-order chi connectivity index (χ0) is 12.5. The summed E-state index contributed by atoms with van der Waals surface area (Å²) in [6.07, 6.45) is -0.483. The van der Waals surface area contributed by atoms with E-state index >= 15 is 0 Å². The van der Waals surface area contributed by atoms with Gasteiger partial charge in [-0.15, -0.1) is 11.6 Å². The lowest BCUT2D eigenvalue weighted by Crippen LogP contribution is -2.17. The third-order valence-corrected chi connectivity index (χ3v) is 2.13. The van der Waals surface area contributed by atoms with E-state index in [2.05, 4.69) is 5.32 Å². The Bertz CT molecular complexity index is 340. The van der Waals surface area contributed by atoms with Crippen molar-refractivity contribution in [3.05, 3.63) is 29.8 Å². The smallest absolute Gasteiger partial charge is 0.411 e. The molecule has 0 aliphatic rings. The second kappa shape index (κ2) is 7.92. The molecule has 0 saturated heterocycles. The van der Waals surface area contributed by atoms with Gasteiger partial charge in [-0.05, 0) is 19.1 Å². The minimum atomic E-state index is -0.483. The molecule has 0 bridgehead atoms. The highest BCUT2D eigenvalue weighted by atomic mass is 35.5. The largest absolute Gasteiger partial charge is 0.447 e. The van der Waals surface area contributed by atoms with Gasteiger partial charge in [0.2, 0.25) is 0 Å². The lowest BCUT2D eigenvalue weighted by atomic mass is 10.2. The molecule has 0 spiro atoms. The zero-order valence-corrected chi connectivity index (χ0v) is 10.5. The van der Waals surface area contributed by atoms with Crippen molar-refractivity contribution in [1.29, 1.82) is 0 Å². The second-order valence-corrected chi connectivity index (χ2v) is 3.81. The molecule has 0 atom stereocenters. The first-order valence-electron chi connectivity index (χ1n) is 5.36. The van der Waals surface area contributed by atoms with E-state index in [9.17, 15) is 4.79 Å². The Hall–Kier alpha value is -1.26. The van der Waals surface area contributed by atoms with E-state index in [0.717, 1.165) is 5.56 Å². The monoisotopic (exact) mass is 257 g/mol. The van der Waals surface area contributed by atoms with Crippen molar-refractivity contribution in [3.8, 4) is 0 Å². The predicted molar refractivity (Wildman–Crippen MR) is 67.7 cm³/mol. The van der Waals surface area contributed by atoms with Crippen molar-refractivity contribution in [2.24, 2.45) is 0 Å². The minimum absolute atomic E-state index is 0.217. The average molecular weight is 258 g/mol. The maximum atomic E-state index is 11.3. The van der Waals surface area contributed by atoms with Gasteiger partial charge >= 0.3 is 6.09 Å². The first-order chi connectivity index (χ1) is 8.22. The van der Waals surface area contributed by atoms with Crippen molar-refractivity contribution < 1.29 is 14.3 Å². The summed E-state index contributed by atoms with van der Waals surface area (Å²) in [4.78, 5) is 11.3. The van der Waals surface area contributed by atoms with Crippen LogP contribution in [0.2, 0.25) is 0 Å². The fraction of sp³-hybridized carbons (Fsp3) is 0.417. The highest BCUT2D eigenvalue weighted by molar-refractivity contribution is 6.17. The molecule has 1 aromatic rings. The number of hydrogen-bond donors (Lipinski definition) is 1. The van der Waals surface area contributed by atoms with Crippen LogP contribution in [-0.4, -0.2) is 31.8 Å². The summed E-state index contributed by atoms with van der Waals surface area (Å²) in [5.41, 5.74) is 1.85. The predicted octanol–water partition coefficient (Wildman–Crippen LogP) is 2.80. The van der Waals surface area contributed by atoms with Crippen molar-refractivity contribution in [2.75, 3.05) is 31.0 Å². The summed E-state index contributed by atoms with van der Waals surface area (Å²) in [5.74, 6) is 0.440. The molecule has 5 heteroatoms. The lowest BCUT2D eigenvalue weighted by Gasteiger charge is -2.07. The second-order valence-electron chi connectivity index (χ2n) is 3.43. The number of amides is 1. The van der Waals surface area contributed by atoms with Crippen LogP contribution in [0.15, 0.2) is 24.3 Å². The highest BCUT2D eigenvalue weighted by Crippen LogP contribution is 2.08. The fourth-order valence-corrected chi connectivity index (χ4v) is 1.25. The molecular weight excluding hydrogens is 242 g/mol. The number of benzene rings is 1. The lowest BCUT2D eigenvalue weighted by molar-refractivity contribution is 0.0859. The Kier molecular flexibility index (Phi) is 6.43. The van der Waals surface area contributed by atoms with Gasteiger partial charge in [0.1, 0.15) is 6.61 Å². The van der Waals surface area contributed by atoms with E-state index in [1.165, 1.54) is 0 Å². The van der Waals surface area contributed by atoms with Gasteiger partial charge in [0.15, 0.2) is 0 Å². The summed E-state index contributed by atoms with van der Waals surface area (Å²) in [6, 6.07) is 7.47. The first kappa shape index (κ1) is 13.8. The van der Waals surface area contributed by atoms with E-state index in [4.69, 9.17) is 21.1 Å². The molecule has 0 aliphatic heterocycles. The molecule has 0 saturated carbocycles. The standard InChI is InChI=1S/C12H16ClNO3/c1-10-2-4-11(5-3-10)14-12(15)17-9-8-16-7-6-13/h2-5H,6-9H2,1H3,(H,14,15). The molecule has 1 N–H and O–H groups in total. The molecule has 0 radical (unpaired) electrons. The van der Waals surface area contributed by atoms with Crippen LogP contribution >= 0.6 is 11.6 Å². The van der Waals surface area contributed by atoms with Gasteiger partial charge in [-0.1, -0.05) is 17.7 Å². The van der Waals surface area contributed by atoms with Crippen molar-refractivity contribution in [1.82, 2.24) is 0 Å². The summed E-state index contributed by atoms with van der Waals surface area (Å²) in [6.45, 7) is 3.02. The van der Waals surface area contributed by atoms with Gasteiger partial charge in [-0.2, -0.15) is 0 Å². The quantitative estimate of drug-likeness (QED) is 0.630. The Labute approximate surface area is 106 Å². The van der Waals surface area contributed by atoms with Gasteiger partial charge in [0.25, 0.3) is 0 Å². The molecule has 0 heterocycles. The third-order valence-electron chi connectivity index (χ3n) is 1.98. The van der Waals surface area contributed by atoms with Gasteiger partial charge in [0.05, 0.1) is 13.2 Å². The minimum Gasteiger partial charge on any atom is -0.447 e. The van der Waals surface area contributed by atoms with Gasteiger partial charge in [-0.3, -0.25) is 5.32 Å². The van der Waals surface area contributed by atoms with Crippen molar-refractivity contribution in [3.63, 3.8) is 0 Å². The van der Waals surface area contributed by atoms with Gasteiger partial charge in [0, 0.05) is 11.6 Å². The number of anilines is 1. The fourth-order valence-electron chi connectivity index (χ4n) is 1.14. The van der Waals surface area contributed by atoms with E-state index in [1.807, 2.05) is 31.2 Å². The summed E-state index contributed by atoms with van der Waals surface area (Å²) in [7, 11) is 0. The summed E-state index contributed by atoms with van der Waals surface area (Å²) in [5, 5.41) is 2.62. The Morgan fingerprint density at radius 1 is 1.24 bits per heavy atom. The zero-order valence-electron chi connectivity index (χ0n) is 9.74. The van der Waals surface area contributed by atoms with E-state index in [1.54, 1.807) is 0 Å². The van der Waals surface area contributed by atoms with Crippen LogP contribution in [0, 0.1) is 6.92 Å². The first-order valence-corrected chi connectivity index (χ1v) is 5.90. The van der Waals surface area contributed by atoms with Crippen LogP contribution < -0.4 is 5.32 Å². The molecule has 0 fully saturated rings. The molecule has 1 amide bonds. The number of carbonyl (C=O) groups is 1. The maximum absolute atomic E-state index is 11.3. The number of halogens is 1. The summed E-state index contributed by atoms with van der Waals surface area (Å²) < 4.78 is 9.97. The molecule has 17 heavy (non-hydrogen) atoms. The van der Waals surface area contributed by atoms with Crippen LogP contribution in [0.3, 0.4) is 0 Å². The molecular formula is C12H16ClNO3. The number of carbonyl (C=O) groups excluding carboxylic acids is 1. The van der Waals surface area contributed by atoms with Crippen molar-refractivity contribution >= 4 is 23.4 Å². The SMILES string of the molecule is Cc1ccc(NC(=O)OCCOCCCl)cc1. The Morgan fingerprint density at radius 2 is 1.94 bits per heavy atom. The molecule has 0 aliphatic carbocycles. The van der Waals surface area contributed by atoms with E-state index < -0.39 is 6.09 Å². The molecule has 0 unspecified atom stereocenters. The number of nitrogens with one attached hydrogen (secondary N) is 1. The van der Waals surface area contributed by atoms with Gasteiger partial charge in [-0.25, -0.2) is 4.79 Å². The van der Waals surface area contributed by atoms with E-state index in [0.29, 0.717) is 24.8 Å². The van der Waals surface area contributed by atoms with Crippen LogP contribution in [0.4, 0.5) is 10.5 Å². The Morgan fingerprint density at radius 3 is 2.59 bits per heavy atom. The molecule has 0 aromatic heterocycles. The molecule has 1 aromatic carbocycles. The number of alkyl halides is 1. The third kappa shape index (κ3) is 6.14. The van der Waals surface area contributed by atoms with Crippen molar-refractivity contribution in [2.45, 2.75) is 6.92 Å². The van der Waals surface area contributed by atoms with Crippen LogP contribution in [0.1, 0.15) is 5.56 Å². The topological polar surface area (TPSA) is 47.6 Å². The average Bonchev–Trinajstić information content (AvgIpc) is 2.32. The van der Waals surface area contributed by atoms with Gasteiger partial charge < -0.3 is 9.47 Å². The number of hydrogen-bond acceptors (Lipinski definition) is 3. The van der Waals surface area contributed by atoms with E-state index in [-0.39, 0.29) is 6.61 Å². The normalized spacial score (nSPS) is 10.0. The number of aryl methyl sites for hydroxylation is 1. The van der Waals surface area contributed by atoms with Crippen LogP contribution in [0.5, 0.6) is 0 Å². The number of ether oxygens (including phenoxy) is 2. The van der Waals surface area contributed by atoms with Crippen LogP contribution in [-0.2, 0) is 9.47 Å². The van der Waals surface area contributed by atoms with Crippen LogP contribution in [0.25, 0.3) is 0 Å². The molecule has 1 rings (SSSR count). The Balaban J connectivity index is 2.18.